The molecule has 0 spiro atoms. The van der Waals surface area contributed by atoms with Crippen molar-refractivity contribution >= 4 is 27.9 Å². The minimum Gasteiger partial charge on any atom is -0.351 e. The van der Waals surface area contributed by atoms with Crippen molar-refractivity contribution < 1.29 is 0 Å². The van der Waals surface area contributed by atoms with Crippen molar-refractivity contribution in [3.05, 3.63) is 29.5 Å². The topological polar surface area (TPSA) is 62.5 Å². The Morgan fingerprint density at radius 3 is 2.67 bits per heavy atom. The van der Waals surface area contributed by atoms with E-state index >= 15 is 0 Å². The van der Waals surface area contributed by atoms with E-state index in [0.717, 1.165) is 35.5 Å². The first-order chi connectivity index (χ1) is 11.4. The first-order valence-electron chi connectivity index (χ1n) is 8.04. The zero-order chi connectivity index (χ0) is 16.9. The summed E-state index contributed by atoms with van der Waals surface area (Å²) in [6, 6.07) is 4.48. The number of hydrogen-bond donors (Lipinski definition) is 0. The van der Waals surface area contributed by atoms with Crippen molar-refractivity contribution in [3.63, 3.8) is 0 Å². The smallest absolute Gasteiger partial charge is 0.185 e. The van der Waals surface area contributed by atoms with Crippen molar-refractivity contribution in [1.82, 2.24) is 24.8 Å². The zero-order valence-electron chi connectivity index (χ0n) is 14.3. The molecule has 1 aliphatic rings. The van der Waals surface area contributed by atoms with E-state index < -0.39 is 0 Å². The van der Waals surface area contributed by atoms with E-state index in [1.165, 1.54) is 0 Å². The number of fused-ring (bicyclic) bond motifs is 1. The Labute approximate surface area is 144 Å². The molecule has 126 valence electrons. The number of likely N-dealkylation sites (N-methyl/N-ethyl adjacent to an activating group) is 1. The molecule has 7 nitrogen and oxygen atoms in total. The first-order valence-corrected chi connectivity index (χ1v) is 8.91. The Bertz CT molecular complexity index is 843. The van der Waals surface area contributed by atoms with Gasteiger partial charge in [-0.2, -0.15) is 4.52 Å². The molecule has 0 radical (unpaired) electrons. The van der Waals surface area contributed by atoms with Crippen molar-refractivity contribution in [2.24, 2.45) is 0 Å². The third-order valence-corrected chi connectivity index (χ3v) is 5.24. The number of rotatable bonds is 3. The van der Waals surface area contributed by atoms with Gasteiger partial charge in [-0.15, -0.1) is 26.6 Å². The van der Waals surface area contributed by atoms with Gasteiger partial charge >= 0.3 is 0 Å². The molecule has 0 N–H and O–H groups in total. The average Bonchev–Trinajstić information content (AvgIpc) is 3.14. The molecule has 4 heterocycles. The zero-order valence-corrected chi connectivity index (χ0v) is 15.2. The maximum Gasteiger partial charge on any atom is 0.185 e. The van der Waals surface area contributed by atoms with Gasteiger partial charge in [0.1, 0.15) is 5.82 Å². The largest absolute Gasteiger partial charge is 0.351 e. The molecule has 8 heteroatoms. The molecule has 0 aromatic carbocycles. The predicted molar refractivity (Wildman–Crippen MR) is 96.0 cm³/mol. The van der Waals surface area contributed by atoms with Gasteiger partial charge in [-0.1, -0.05) is 20.8 Å². The Hall–Kier alpha value is -2.22. The fourth-order valence-corrected chi connectivity index (χ4v) is 3.53. The summed E-state index contributed by atoms with van der Waals surface area (Å²) in [5, 5.41) is 16.4. The standard InChI is InChI=1S/C16H21N7S/c1-16(2,3)14-19-18-12-5-6-13(20-23(12)14)22-9-11(10-22)21(4)15-17-7-8-24-15/h5-8,11H,9-10H2,1-4H3. The highest BCUT2D eigenvalue weighted by atomic mass is 32.1. The lowest BCUT2D eigenvalue weighted by molar-refractivity contribution is 0.485. The Morgan fingerprint density at radius 1 is 1.21 bits per heavy atom. The van der Waals surface area contributed by atoms with Gasteiger partial charge in [0.2, 0.25) is 0 Å². The highest BCUT2D eigenvalue weighted by Gasteiger charge is 2.32. The molecule has 1 fully saturated rings. The molecule has 0 bridgehead atoms. The second-order valence-electron chi connectivity index (χ2n) is 7.22. The van der Waals surface area contributed by atoms with Crippen LogP contribution in [-0.4, -0.2) is 51.0 Å². The van der Waals surface area contributed by atoms with Gasteiger partial charge in [0.15, 0.2) is 16.6 Å². The van der Waals surface area contributed by atoms with Gasteiger partial charge in [-0.25, -0.2) is 4.98 Å². The van der Waals surface area contributed by atoms with E-state index in [1.807, 2.05) is 28.2 Å². The Balaban J connectivity index is 1.54. The van der Waals surface area contributed by atoms with Crippen molar-refractivity contribution in [1.29, 1.82) is 0 Å². The highest BCUT2D eigenvalue weighted by molar-refractivity contribution is 7.13. The minimum atomic E-state index is -0.0897. The monoisotopic (exact) mass is 343 g/mol. The van der Waals surface area contributed by atoms with Crippen molar-refractivity contribution in [3.8, 4) is 0 Å². The van der Waals surface area contributed by atoms with Gasteiger partial charge in [0.25, 0.3) is 0 Å². The maximum absolute atomic E-state index is 4.77. The highest BCUT2D eigenvalue weighted by Crippen LogP contribution is 2.27. The summed E-state index contributed by atoms with van der Waals surface area (Å²) in [6.07, 6.45) is 1.85. The fourth-order valence-electron chi connectivity index (χ4n) is 2.85. The summed E-state index contributed by atoms with van der Waals surface area (Å²) < 4.78 is 1.87. The molecule has 3 aromatic rings. The van der Waals surface area contributed by atoms with Crippen LogP contribution in [0, 0.1) is 0 Å². The van der Waals surface area contributed by atoms with Crippen LogP contribution >= 0.6 is 11.3 Å². The van der Waals surface area contributed by atoms with Crippen LogP contribution in [0.25, 0.3) is 5.65 Å². The van der Waals surface area contributed by atoms with Crippen LogP contribution in [0.2, 0.25) is 0 Å². The van der Waals surface area contributed by atoms with Gasteiger partial charge < -0.3 is 9.80 Å². The van der Waals surface area contributed by atoms with E-state index in [4.69, 9.17) is 5.10 Å². The predicted octanol–water partition coefficient (Wildman–Crippen LogP) is 2.20. The van der Waals surface area contributed by atoms with Gasteiger partial charge in [-0.3, -0.25) is 0 Å². The van der Waals surface area contributed by atoms with Gasteiger partial charge in [-0.05, 0) is 12.1 Å². The number of thiazole rings is 1. The van der Waals surface area contributed by atoms with Crippen LogP contribution < -0.4 is 9.80 Å². The number of nitrogens with zero attached hydrogens (tertiary/aromatic N) is 7. The molecule has 24 heavy (non-hydrogen) atoms. The van der Waals surface area contributed by atoms with E-state index in [1.54, 1.807) is 11.3 Å². The summed E-state index contributed by atoms with van der Waals surface area (Å²) in [5.41, 5.74) is 0.703. The third-order valence-electron chi connectivity index (χ3n) is 4.37. The number of anilines is 2. The van der Waals surface area contributed by atoms with Crippen molar-refractivity contribution in [2.45, 2.75) is 32.2 Å². The average molecular weight is 343 g/mol. The molecular weight excluding hydrogens is 322 g/mol. The third kappa shape index (κ3) is 2.50. The fraction of sp³-hybridized carbons (Fsp3) is 0.500. The Kier molecular flexibility index (Phi) is 3.45. The van der Waals surface area contributed by atoms with Crippen LogP contribution in [0.5, 0.6) is 0 Å². The van der Waals surface area contributed by atoms with Crippen molar-refractivity contribution in [2.75, 3.05) is 29.9 Å². The van der Waals surface area contributed by atoms with Crippen LogP contribution in [0.15, 0.2) is 23.7 Å². The van der Waals surface area contributed by atoms with Crippen LogP contribution in [0.4, 0.5) is 10.9 Å². The lowest BCUT2D eigenvalue weighted by atomic mass is 9.96. The summed E-state index contributed by atoms with van der Waals surface area (Å²) in [6.45, 7) is 8.27. The summed E-state index contributed by atoms with van der Waals surface area (Å²) in [5.74, 6) is 1.85. The molecule has 4 rings (SSSR count). The molecule has 1 saturated heterocycles. The number of hydrogen-bond acceptors (Lipinski definition) is 7. The molecular formula is C16H21N7S. The summed E-state index contributed by atoms with van der Waals surface area (Å²) in [4.78, 5) is 8.91. The quantitative estimate of drug-likeness (QED) is 0.726. The van der Waals surface area contributed by atoms with Gasteiger partial charge in [0.05, 0.1) is 6.04 Å². The summed E-state index contributed by atoms with van der Waals surface area (Å²) >= 11 is 1.67. The van der Waals surface area contributed by atoms with E-state index in [9.17, 15) is 0 Å². The second-order valence-corrected chi connectivity index (χ2v) is 8.09. The molecule has 0 aliphatic carbocycles. The normalized spacial score (nSPS) is 15.8. The molecule has 0 amide bonds. The van der Waals surface area contributed by atoms with Crippen LogP contribution in [-0.2, 0) is 5.41 Å². The second kappa shape index (κ2) is 5.41. The minimum absolute atomic E-state index is 0.0897. The van der Waals surface area contributed by atoms with Gasteiger partial charge in [0, 0.05) is 37.1 Å². The lowest BCUT2D eigenvalue weighted by Gasteiger charge is -2.44. The van der Waals surface area contributed by atoms with Crippen LogP contribution in [0.1, 0.15) is 26.6 Å². The SMILES string of the molecule is CN(c1nccs1)C1CN(c2ccc3nnc(C(C)(C)C)n3n2)C1. The maximum atomic E-state index is 4.77. The lowest BCUT2D eigenvalue weighted by Crippen LogP contribution is -2.59. The summed E-state index contributed by atoms with van der Waals surface area (Å²) in [7, 11) is 2.11. The molecule has 0 unspecified atom stereocenters. The van der Waals surface area contributed by atoms with E-state index in [0.29, 0.717) is 6.04 Å². The number of aromatic nitrogens is 5. The molecule has 3 aromatic heterocycles. The van der Waals surface area contributed by atoms with Crippen LogP contribution in [0.3, 0.4) is 0 Å². The molecule has 1 aliphatic heterocycles. The van der Waals surface area contributed by atoms with E-state index in [-0.39, 0.29) is 5.41 Å². The first kappa shape index (κ1) is 15.3. The molecule has 0 saturated carbocycles. The van der Waals surface area contributed by atoms with E-state index in [2.05, 4.69) is 52.8 Å². The Morgan fingerprint density at radius 2 is 2.00 bits per heavy atom. The molecule has 0 atom stereocenters.